The maximum atomic E-state index is 10.2. The molecule has 2 aromatic rings. The van der Waals surface area contributed by atoms with Crippen molar-refractivity contribution >= 4 is 0 Å². The monoisotopic (exact) mass is 273 g/mol. The van der Waals surface area contributed by atoms with E-state index in [0.29, 0.717) is 6.54 Å². The van der Waals surface area contributed by atoms with Crippen LogP contribution in [0.5, 0.6) is 0 Å². The predicted octanol–water partition coefficient (Wildman–Crippen LogP) is 2.51. The van der Waals surface area contributed by atoms with Crippen molar-refractivity contribution in [2.24, 2.45) is 0 Å². The highest BCUT2D eigenvalue weighted by molar-refractivity contribution is 5.34. The van der Waals surface area contributed by atoms with Crippen LogP contribution in [0.3, 0.4) is 0 Å². The molecule has 0 aliphatic rings. The fourth-order valence-electron chi connectivity index (χ4n) is 2.17. The molecule has 0 spiro atoms. The van der Waals surface area contributed by atoms with Gasteiger partial charge in [-0.25, -0.2) is 4.68 Å². The Bertz CT molecular complexity index is 518. The number of rotatable bonds is 7. The van der Waals surface area contributed by atoms with Gasteiger partial charge in [0.15, 0.2) is 0 Å². The zero-order valence-corrected chi connectivity index (χ0v) is 12.2. The molecule has 0 amide bonds. The van der Waals surface area contributed by atoms with E-state index in [9.17, 15) is 5.11 Å². The summed E-state index contributed by atoms with van der Waals surface area (Å²) in [7, 11) is 0. The molecule has 4 heteroatoms. The first-order chi connectivity index (χ1) is 9.67. The SMILES string of the molecule is CCC(O)(CC)CNCc1cccc(-n2cccn2)c1. The lowest BCUT2D eigenvalue weighted by molar-refractivity contribution is 0.0323. The maximum Gasteiger partial charge on any atom is 0.0766 e. The van der Waals surface area contributed by atoms with Gasteiger partial charge in [0.1, 0.15) is 0 Å². The van der Waals surface area contributed by atoms with Gasteiger partial charge in [-0.15, -0.1) is 0 Å². The summed E-state index contributed by atoms with van der Waals surface area (Å²) in [4.78, 5) is 0. The molecule has 0 bridgehead atoms. The van der Waals surface area contributed by atoms with Crippen molar-refractivity contribution in [1.29, 1.82) is 0 Å². The quantitative estimate of drug-likeness (QED) is 0.815. The van der Waals surface area contributed by atoms with Crippen LogP contribution in [0.25, 0.3) is 5.69 Å². The Kier molecular flexibility index (Phi) is 4.93. The highest BCUT2D eigenvalue weighted by Crippen LogP contribution is 2.14. The zero-order chi connectivity index (χ0) is 14.4. The summed E-state index contributed by atoms with van der Waals surface area (Å²) in [6.07, 6.45) is 5.24. The fourth-order valence-corrected chi connectivity index (χ4v) is 2.17. The summed E-state index contributed by atoms with van der Waals surface area (Å²) in [6, 6.07) is 10.2. The molecule has 4 nitrogen and oxygen atoms in total. The van der Waals surface area contributed by atoms with Crippen LogP contribution in [0.2, 0.25) is 0 Å². The van der Waals surface area contributed by atoms with E-state index in [2.05, 4.69) is 22.5 Å². The van der Waals surface area contributed by atoms with Crippen molar-refractivity contribution in [3.8, 4) is 5.69 Å². The second-order valence-electron chi connectivity index (χ2n) is 5.16. The molecular weight excluding hydrogens is 250 g/mol. The first-order valence-corrected chi connectivity index (χ1v) is 7.19. The topological polar surface area (TPSA) is 50.1 Å². The highest BCUT2D eigenvalue weighted by atomic mass is 16.3. The number of hydrogen-bond donors (Lipinski definition) is 2. The van der Waals surface area contributed by atoms with E-state index in [-0.39, 0.29) is 0 Å². The average Bonchev–Trinajstić information content (AvgIpc) is 3.02. The molecule has 0 unspecified atom stereocenters. The summed E-state index contributed by atoms with van der Waals surface area (Å²) >= 11 is 0. The van der Waals surface area contributed by atoms with Crippen molar-refractivity contribution < 1.29 is 5.11 Å². The second-order valence-corrected chi connectivity index (χ2v) is 5.16. The Morgan fingerprint density at radius 3 is 2.70 bits per heavy atom. The van der Waals surface area contributed by atoms with E-state index >= 15 is 0 Å². The van der Waals surface area contributed by atoms with Crippen LogP contribution in [-0.2, 0) is 6.54 Å². The van der Waals surface area contributed by atoms with Crippen molar-refractivity contribution in [1.82, 2.24) is 15.1 Å². The number of benzene rings is 1. The Balaban J connectivity index is 1.96. The molecular formula is C16H23N3O. The standard InChI is InChI=1S/C16H23N3O/c1-3-16(20,4-2)13-17-12-14-7-5-8-15(11-14)19-10-6-9-18-19/h5-11,17,20H,3-4,12-13H2,1-2H3. The number of nitrogens with one attached hydrogen (secondary N) is 1. The minimum atomic E-state index is -0.598. The van der Waals surface area contributed by atoms with Crippen LogP contribution in [0, 0.1) is 0 Å². The van der Waals surface area contributed by atoms with Crippen molar-refractivity contribution in [3.63, 3.8) is 0 Å². The summed E-state index contributed by atoms with van der Waals surface area (Å²) in [5, 5.41) is 17.8. The van der Waals surface area contributed by atoms with Crippen molar-refractivity contribution in [2.45, 2.75) is 38.8 Å². The van der Waals surface area contributed by atoms with E-state index in [1.807, 2.05) is 42.9 Å². The third-order valence-electron chi connectivity index (χ3n) is 3.78. The first kappa shape index (κ1) is 14.8. The van der Waals surface area contributed by atoms with Gasteiger partial charge in [-0.3, -0.25) is 0 Å². The maximum absolute atomic E-state index is 10.2. The lowest BCUT2D eigenvalue weighted by Crippen LogP contribution is -2.39. The van der Waals surface area contributed by atoms with Gasteiger partial charge in [-0.1, -0.05) is 26.0 Å². The van der Waals surface area contributed by atoms with Crippen molar-refractivity contribution in [2.75, 3.05) is 6.54 Å². The highest BCUT2D eigenvalue weighted by Gasteiger charge is 2.20. The van der Waals surface area contributed by atoms with Crippen LogP contribution in [0.4, 0.5) is 0 Å². The van der Waals surface area contributed by atoms with Gasteiger partial charge in [0.05, 0.1) is 11.3 Å². The minimum Gasteiger partial charge on any atom is -0.389 e. The summed E-state index contributed by atoms with van der Waals surface area (Å²) in [5.41, 5.74) is 1.64. The molecule has 0 aliphatic carbocycles. The molecule has 20 heavy (non-hydrogen) atoms. The van der Waals surface area contributed by atoms with Gasteiger partial charge in [0.2, 0.25) is 0 Å². The van der Waals surface area contributed by atoms with E-state index < -0.39 is 5.60 Å². The van der Waals surface area contributed by atoms with Gasteiger partial charge in [0.25, 0.3) is 0 Å². The number of aliphatic hydroxyl groups is 1. The molecule has 0 atom stereocenters. The predicted molar refractivity (Wildman–Crippen MR) is 80.8 cm³/mol. The molecule has 1 aromatic heterocycles. The van der Waals surface area contributed by atoms with Gasteiger partial charge in [0, 0.05) is 25.5 Å². The van der Waals surface area contributed by atoms with Crippen LogP contribution < -0.4 is 5.32 Å². The van der Waals surface area contributed by atoms with Crippen LogP contribution in [0.15, 0.2) is 42.7 Å². The van der Waals surface area contributed by atoms with Crippen LogP contribution in [-0.4, -0.2) is 27.0 Å². The number of hydrogen-bond acceptors (Lipinski definition) is 3. The fraction of sp³-hybridized carbons (Fsp3) is 0.438. The third kappa shape index (κ3) is 3.68. The minimum absolute atomic E-state index is 0.598. The third-order valence-corrected chi connectivity index (χ3v) is 3.78. The second kappa shape index (κ2) is 6.68. The van der Waals surface area contributed by atoms with E-state index in [1.165, 1.54) is 5.56 Å². The van der Waals surface area contributed by atoms with E-state index in [0.717, 1.165) is 25.1 Å². The molecule has 2 N–H and O–H groups in total. The summed E-state index contributed by atoms with van der Waals surface area (Å²) in [5.74, 6) is 0. The normalized spacial score (nSPS) is 11.8. The largest absolute Gasteiger partial charge is 0.389 e. The Morgan fingerprint density at radius 2 is 2.05 bits per heavy atom. The first-order valence-electron chi connectivity index (χ1n) is 7.19. The van der Waals surface area contributed by atoms with Crippen LogP contribution in [0.1, 0.15) is 32.3 Å². The van der Waals surface area contributed by atoms with Gasteiger partial charge >= 0.3 is 0 Å². The zero-order valence-electron chi connectivity index (χ0n) is 12.2. The Labute approximate surface area is 120 Å². The molecule has 0 saturated carbocycles. The van der Waals surface area contributed by atoms with Gasteiger partial charge < -0.3 is 10.4 Å². The molecule has 0 aliphatic heterocycles. The summed E-state index contributed by atoms with van der Waals surface area (Å²) < 4.78 is 1.85. The molecule has 2 rings (SSSR count). The lowest BCUT2D eigenvalue weighted by atomic mass is 9.97. The lowest BCUT2D eigenvalue weighted by Gasteiger charge is -2.25. The Hall–Kier alpha value is -1.65. The molecule has 0 fully saturated rings. The van der Waals surface area contributed by atoms with Gasteiger partial charge in [-0.05, 0) is 36.6 Å². The smallest absolute Gasteiger partial charge is 0.0766 e. The van der Waals surface area contributed by atoms with Crippen LogP contribution >= 0.6 is 0 Å². The summed E-state index contributed by atoms with van der Waals surface area (Å²) in [6.45, 7) is 5.40. The van der Waals surface area contributed by atoms with E-state index in [1.54, 1.807) is 6.20 Å². The molecule has 1 aromatic carbocycles. The number of aromatic nitrogens is 2. The molecule has 108 valence electrons. The molecule has 0 saturated heterocycles. The molecule has 1 heterocycles. The van der Waals surface area contributed by atoms with Gasteiger partial charge in [-0.2, -0.15) is 5.10 Å². The Morgan fingerprint density at radius 1 is 1.25 bits per heavy atom. The number of nitrogens with zero attached hydrogens (tertiary/aromatic N) is 2. The average molecular weight is 273 g/mol. The van der Waals surface area contributed by atoms with E-state index in [4.69, 9.17) is 0 Å². The molecule has 0 radical (unpaired) electrons. The van der Waals surface area contributed by atoms with Crippen molar-refractivity contribution in [3.05, 3.63) is 48.3 Å².